The van der Waals surface area contributed by atoms with Gasteiger partial charge in [0.15, 0.2) is 0 Å². The van der Waals surface area contributed by atoms with E-state index in [2.05, 4.69) is 15.7 Å². The fourth-order valence-electron chi connectivity index (χ4n) is 2.79. The van der Waals surface area contributed by atoms with E-state index in [-0.39, 0.29) is 17.7 Å². The molecule has 0 heterocycles. The van der Waals surface area contributed by atoms with Gasteiger partial charge in [-0.05, 0) is 43.5 Å². The maximum Gasteiger partial charge on any atom is 0.336 e. The van der Waals surface area contributed by atoms with Crippen LogP contribution < -0.4 is 10.8 Å². The molecule has 0 aliphatic carbocycles. The number of aromatic carboxylic acids is 1. The summed E-state index contributed by atoms with van der Waals surface area (Å²) < 4.78 is 0. The lowest BCUT2D eigenvalue weighted by Crippen LogP contribution is -2.28. The standard InChI is InChI=1S/C21H26N2O6/c1-14-4-6-16(17(10-14)13-29-27)12-28-23-9-3-8-22-20(24)18-7-5-15(2)11-19(18)21(25)26/h4-7,10-11,23,27H,3,8-9,12-13H2,1-2H3,(H,22,24)(H,25,26). The van der Waals surface area contributed by atoms with Gasteiger partial charge in [-0.25, -0.2) is 15.2 Å². The van der Waals surface area contributed by atoms with Crippen LogP contribution in [-0.4, -0.2) is 35.3 Å². The van der Waals surface area contributed by atoms with E-state index in [4.69, 9.17) is 10.1 Å². The summed E-state index contributed by atoms with van der Waals surface area (Å²) >= 11 is 0. The summed E-state index contributed by atoms with van der Waals surface area (Å²) in [5.41, 5.74) is 6.53. The van der Waals surface area contributed by atoms with Crippen LogP contribution in [0.4, 0.5) is 0 Å². The zero-order valence-corrected chi connectivity index (χ0v) is 16.5. The maximum atomic E-state index is 12.2. The molecule has 0 fully saturated rings. The second-order valence-electron chi connectivity index (χ2n) is 6.69. The highest BCUT2D eigenvalue weighted by molar-refractivity contribution is 6.04. The van der Waals surface area contributed by atoms with E-state index in [0.29, 0.717) is 26.1 Å². The molecule has 29 heavy (non-hydrogen) atoms. The molecule has 2 aromatic rings. The lowest BCUT2D eigenvalue weighted by molar-refractivity contribution is -0.253. The summed E-state index contributed by atoms with van der Waals surface area (Å²) in [6, 6.07) is 10.5. The van der Waals surface area contributed by atoms with E-state index in [1.54, 1.807) is 13.0 Å². The van der Waals surface area contributed by atoms with Crippen LogP contribution in [0.5, 0.6) is 0 Å². The Balaban J connectivity index is 1.72. The Morgan fingerprint density at radius 3 is 2.38 bits per heavy atom. The van der Waals surface area contributed by atoms with Gasteiger partial charge < -0.3 is 10.4 Å². The average molecular weight is 402 g/mol. The third kappa shape index (κ3) is 6.95. The zero-order chi connectivity index (χ0) is 21.2. The van der Waals surface area contributed by atoms with E-state index in [9.17, 15) is 14.7 Å². The van der Waals surface area contributed by atoms with Gasteiger partial charge in [0, 0.05) is 13.1 Å². The van der Waals surface area contributed by atoms with Crippen LogP contribution in [0.2, 0.25) is 0 Å². The number of carbonyl (C=O) groups excluding carboxylic acids is 1. The number of nitrogens with one attached hydrogen (secondary N) is 2. The number of amides is 1. The van der Waals surface area contributed by atoms with Crippen LogP contribution in [0.25, 0.3) is 0 Å². The van der Waals surface area contributed by atoms with Gasteiger partial charge in [-0.3, -0.25) is 14.9 Å². The van der Waals surface area contributed by atoms with Crippen molar-refractivity contribution in [3.63, 3.8) is 0 Å². The summed E-state index contributed by atoms with van der Waals surface area (Å²) in [7, 11) is 0. The fourth-order valence-corrected chi connectivity index (χ4v) is 2.79. The number of hydrogen-bond acceptors (Lipinski definition) is 6. The van der Waals surface area contributed by atoms with Crippen molar-refractivity contribution in [3.8, 4) is 0 Å². The Morgan fingerprint density at radius 1 is 0.931 bits per heavy atom. The monoisotopic (exact) mass is 402 g/mol. The van der Waals surface area contributed by atoms with Crippen LogP contribution in [0.3, 0.4) is 0 Å². The van der Waals surface area contributed by atoms with Crippen LogP contribution in [0.15, 0.2) is 36.4 Å². The first kappa shape index (κ1) is 22.5. The van der Waals surface area contributed by atoms with Gasteiger partial charge >= 0.3 is 5.97 Å². The summed E-state index contributed by atoms with van der Waals surface area (Å²) in [5.74, 6) is -1.55. The first-order chi connectivity index (χ1) is 13.9. The Bertz CT molecular complexity index is 853. The molecule has 4 N–H and O–H groups in total. The van der Waals surface area contributed by atoms with Gasteiger partial charge in [0.2, 0.25) is 0 Å². The molecule has 156 valence electrons. The van der Waals surface area contributed by atoms with Crippen molar-refractivity contribution < 1.29 is 29.7 Å². The predicted molar refractivity (Wildman–Crippen MR) is 106 cm³/mol. The molecule has 1 amide bonds. The molecule has 0 spiro atoms. The minimum atomic E-state index is -1.13. The first-order valence-corrected chi connectivity index (χ1v) is 9.24. The third-order valence-corrected chi connectivity index (χ3v) is 4.30. The Kier molecular flexibility index (Phi) is 8.75. The number of aryl methyl sites for hydroxylation is 2. The van der Waals surface area contributed by atoms with Gasteiger partial charge in [-0.1, -0.05) is 35.4 Å². The molecule has 8 heteroatoms. The highest BCUT2D eigenvalue weighted by Crippen LogP contribution is 2.14. The Labute approximate surface area is 169 Å². The molecule has 0 atom stereocenters. The maximum absolute atomic E-state index is 12.2. The molecule has 0 unspecified atom stereocenters. The van der Waals surface area contributed by atoms with Gasteiger partial charge in [0.25, 0.3) is 5.91 Å². The van der Waals surface area contributed by atoms with Crippen molar-refractivity contribution in [2.75, 3.05) is 13.1 Å². The Hall–Kier alpha value is -2.78. The number of hydrogen-bond donors (Lipinski definition) is 4. The van der Waals surface area contributed by atoms with E-state index in [1.807, 2.05) is 25.1 Å². The average Bonchev–Trinajstić information content (AvgIpc) is 2.68. The quantitative estimate of drug-likeness (QED) is 0.259. The molecule has 0 bridgehead atoms. The number of carbonyl (C=O) groups is 2. The summed E-state index contributed by atoms with van der Waals surface area (Å²) in [6.45, 7) is 4.98. The zero-order valence-electron chi connectivity index (χ0n) is 16.5. The molecule has 0 aliphatic rings. The van der Waals surface area contributed by atoms with Crippen molar-refractivity contribution in [1.82, 2.24) is 10.8 Å². The van der Waals surface area contributed by atoms with Crippen molar-refractivity contribution in [1.29, 1.82) is 0 Å². The number of rotatable bonds is 11. The van der Waals surface area contributed by atoms with Crippen LogP contribution in [0.1, 0.15) is 49.4 Å². The highest BCUT2D eigenvalue weighted by atomic mass is 17.1. The summed E-state index contributed by atoms with van der Waals surface area (Å²) in [6.07, 6.45) is 0.598. The smallest absolute Gasteiger partial charge is 0.336 e. The Morgan fingerprint density at radius 2 is 1.66 bits per heavy atom. The lowest BCUT2D eigenvalue weighted by atomic mass is 10.0. The molecule has 2 rings (SSSR count). The number of hydroxylamine groups is 1. The van der Waals surface area contributed by atoms with Gasteiger partial charge in [-0.15, -0.1) is 0 Å². The first-order valence-electron chi connectivity index (χ1n) is 9.24. The minimum absolute atomic E-state index is 0.00952. The van der Waals surface area contributed by atoms with Gasteiger partial charge in [-0.2, -0.15) is 0 Å². The largest absolute Gasteiger partial charge is 0.478 e. The second kappa shape index (κ2) is 11.3. The molecule has 0 aliphatic heterocycles. The SMILES string of the molecule is Cc1ccc(CONCCCNC(=O)c2ccc(C)cc2C(=O)O)c(COO)c1. The van der Waals surface area contributed by atoms with E-state index in [0.717, 1.165) is 22.3 Å². The molecule has 0 saturated heterocycles. The molecule has 0 saturated carbocycles. The number of benzene rings is 2. The van der Waals surface area contributed by atoms with Crippen LogP contribution in [-0.2, 0) is 22.9 Å². The van der Waals surface area contributed by atoms with Crippen molar-refractivity contribution >= 4 is 11.9 Å². The van der Waals surface area contributed by atoms with E-state index >= 15 is 0 Å². The fraction of sp³-hybridized carbons (Fsp3) is 0.333. The topological polar surface area (TPSA) is 117 Å². The normalized spacial score (nSPS) is 10.7. The summed E-state index contributed by atoms with van der Waals surface area (Å²) in [5, 5.41) is 20.6. The molecule has 0 radical (unpaired) electrons. The molecular formula is C21H26N2O6. The molecule has 0 aromatic heterocycles. The van der Waals surface area contributed by atoms with Crippen molar-refractivity contribution in [2.24, 2.45) is 0 Å². The second-order valence-corrected chi connectivity index (χ2v) is 6.69. The molecule has 8 nitrogen and oxygen atoms in total. The molecule has 2 aromatic carbocycles. The summed E-state index contributed by atoms with van der Waals surface area (Å²) in [4.78, 5) is 33.2. The van der Waals surface area contributed by atoms with Crippen LogP contribution >= 0.6 is 0 Å². The van der Waals surface area contributed by atoms with Gasteiger partial charge in [0.05, 0.1) is 17.7 Å². The van der Waals surface area contributed by atoms with Crippen LogP contribution in [0, 0.1) is 13.8 Å². The van der Waals surface area contributed by atoms with E-state index < -0.39 is 11.9 Å². The lowest BCUT2D eigenvalue weighted by Gasteiger charge is -2.11. The number of carboxylic acids is 1. The van der Waals surface area contributed by atoms with E-state index in [1.165, 1.54) is 12.1 Å². The predicted octanol–water partition coefficient (Wildman–Crippen LogP) is 2.83. The van der Waals surface area contributed by atoms with Gasteiger partial charge in [0.1, 0.15) is 6.61 Å². The highest BCUT2D eigenvalue weighted by Gasteiger charge is 2.16. The number of carboxylic acid groups (broad SMARTS) is 1. The van der Waals surface area contributed by atoms with Crippen molar-refractivity contribution in [2.45, 2.75) is 33.5 Å². The third-order valence-electron chi connectivity index (χ3n) is 4.30. The molecular weight excluding hydrogens is 376 g/mol. The minimum Gasteiger partial charge on any atom is -0.478 e. The van der Waals surface area contributed by atoms with Crippen molar-refractivity contribution in [3.05, 3.63) is 69.8 Å².